The van der Waals surface area contributed by atoms with Crippen molar-refractivity contribution in [1.29, 1.82) is 0 Å². The smallest absolute Gasteiger partial charge is 0.190 e. The van der Waals surface area contributed by atoms with Gasteiger partial charge in [0, 0.05) is 31.9 Å². The lowest BCUT2D eigenvalue weighted by Crippen LogP contribution is -2.38. The van der Waals surface area contributed by atoms with E-state index in [1.807, 2.05) is 14.0 Å². The van der Waals surface area contributed by atoms with Gasteiger partial charge in [0.15, 0.2) is 5.96 Å². The summed E-state index contributed by atoms with van der Waals surface area (Å²) >= 11 is 1.71. The Labute approximate surface area is 136 Å². The van der Waals surface area contributed by atoms with Crippen LogP contribution < -0.4 is 10.6 Å². The molecule has 0 radical (unpaired) electrons. The highest BCUT2D eigenvalue weighted by atomic mass is 127. The Balaban J connectivity index is 0.00000180. The van der Waals surface area contributed by atoms with Crippen LogP contribution in [0.4, 0.5) is 0 Å². The first-order chi connectivity index (χ1) is 8.78. The van der Waals surface area contributed by atoms with Crippen LogP contribution in [0.2, 0.25) is 0 Å². The van der Waals surface area contributed by atoms with Crippen LogP contribution in [0.5, 0.6) is 0 Å². The van der Waals surface area contributed by atoms with Crippen LogP contribution >= 0.6 is 35.3 Å². The molecule has 19 heavy (non-hydrogen) atoms. The van der Waals surface area contributed by atoms with Crippen molar-refractivity contribution in [2.24, 2.45) is 10.9 Å². The molecule has 0 unspecified atom stereocenters. The Bertz CT molecular complexity index is 401. The number of guanidine groups is 1. The Hall–Kier alpha value is -0.370. The highest BCUT2D eigenvalue weighted by molar-refractivity contribution is 14.0. The van der Waals surface area contributed by atoms with Crippen molar-refractivity contribution < 1.29 is 0 Å². The largest absolute Gasteiger partial charge is 0.356 e. The molecule has 0 aliphatic heterocycles. The third-order valence-electron chi connectivity index (χ3n) is 3.11. The summed E-state index contributed by atoms with van der Waals surface area (Å²) in [7, 11) is 1.82. The van der Waals surface area contributed by atoms with E-state index in [0.717, 1.165) is 36.4 Å². The second kappa shape index (κ2) is 8.73. The topological polar surface area (TPSA) is 49.3 Å². The van der Waals surface area contributed by atoms with E-state index in [1.54, 1.807) is 11.3 Å². The van der Waals surface area contributed by atoms with Crippen molar-refractivity contribution >= 4 is 41.3 Å². The van der Waals surface area contributed by atoms with E-state index < -0.39 is 0 Å². The van der Waals surface area contributed by atoms with Gasteiger partial charge in [-0.05, 0) is 19.3 Å². The highest BCUT2D eigenvalue weighted by Gasteiger charge is 2.20. The lowest BCUT2D eigenvalue weighted by molar-refractivity contribution is 0.683. The molecule has 1 aromatic rings. The molecule has 1 aliphatic rings. The highest BCUT2D eigenvalue weighted by Crippen LogP contribution is 2.31. The molecule has 0 saturated heterocycles. The Morgan fingerprint density at radius 3 is 2.74 bits per heavy atom. The molecule has 0 atom stereocenters. The first kappa shape index (κ1) is 16.7. The van der Waals surface area contributed by atoms with E-state index in [0.29, 0.717) is 0 Å². The zero-order chi connectivity index (χ0) is 12.8. The lowest BCUT2D eigenvalue weighted by atomic mass is 10.3. The summed E-state index contributed by atoms with van der Waals surface area (Å²) in [6.07, 6.45) is 5.05. The molecule has 1 heterocycles. The van der Waals surface area contributed by atoms with Crippen molar-refractivity contribution in [3.8, 4) is 0 Å². The second-order valence-corrected chi connectivity index (χ2v) is 5.83. The monoisotopic (exact) mass is 394 g/mol. The van der Waals surface area contributed by atoms with Crippen molar-refractivity contribution in [1.82, 2.24) is 15.6 Å². The number of halogens is 1. The molecule has 0 amide bonds. The molecule has 0 aromatic carbocycles. The molecule has 1 aliphatic carbocycles. The van der Waals surface area contributed by atoms with E-state index in [2.05, 4.69) is 26.0 Å². The standard InChI is InChI=1S/C13H22N4S.HI/c1-10-17-12(9-18-10)6-8-16-13(14-2)15-7-5-11-3-4-11;/h9,11H,3-8H2,1-2H3,(H2,14,15,16);1H. The Morgan fingerprint density at radius 1 is 1.42 bits per heavy atom. The van der Waals surface area contributed by atoms with Crippen molar-refractivity contribution in [2.45, 2.75) is 32.6 Å². The number of aromatic nitrogens is 1. The van der Waals surface area contributed by atoms with Gasteiger partial charge >= 0.3 is 0 Å². The van der Waals surface area contributed by atoms with Gasteiger partial charge in [0.1, 0.15) is 0 Å². The number of aliphatic imine (C=N–C) groups is 1. The fourth-order valence-corrected chi connectivity index (χ4v) is 2.50. The van der Waals surface area contributed by atoms with Crippen LogP contribution in [0.15, 0.2) is 10.4 Å². The average Bonchev–Trinajstić information content (AvgIpc) is 3.10. The van der Waals surface area contributed by atoms with Gasteiger partial charge in [-0.3, -0.25) is 4.99 Å². The molecule has 1 aromatic heterocycles. The van der Waals surface area contributed by atoms with E-state index in [4.69, 9.17) is 0 Å². The third kappa shape index (κ3) is 6.56. The molecule has 2 rings (SSSR count). The number of hydrogen-bond acceptors (Lipinski definition) is 3. The summed E-state index contributed by atoms with van der Waals surface area (Å²) in [5.74, 6) is 1.87. The molecule has 1 saturated carbocycles. The van der Waals surface area contributed by atoms with Gasteiger partial charge in [-0.15, -0.1) is 35.3 Å². The maximum atomic E-state index is 4.45. The minimum absolute atomic E-state index is 0. The number of rotatable bonds is 6. The van der Waals surface area contributed by atoms with Crippen molar-refractivity contribution in [3.63, 3.8) is 0 Å². The molecule has 6 heteroatoms. The Kier molecular flexibility index (Phi) is 7.67. The summed E-state index contributed by atoms with van der Waals surface area (Å²) in [4.78, 5) is 8.66. The third-order valence-corrected chi connectivity index (χ3v) is 3.93. The normalized spacial score (nSPS) is 14.9. The molecule has 1 fully saturated rings. The van der Waals surface area contributed by atoms with Crippen LogP contribution in [0.25, 0.3) is 0 Å². The first-order valence-electron chi connectivity index (χ1n) is 6.63. The van der Waals surface area contributed by atoms with Crippen LogP contribution in [0.3, 0.4) is 0 Å². The van der Waals surface area contributed by atoms with Crippen LogP contribution in [0.1, 0.15) is 30.0 Å². The zero-order valence-corrected chi connectivity index (χ0v) is 14.8. The van der Waals surface area contributed by atoms with Gasteiger partial charge in [0.25, 0.3) is 0 Å². The number of hydrogen-bond donors (Lipinski definition) is 2. The van der Waals surface area contributed by atoms with E-state index in [9.17, 15) is 0 Å². The van der Waals surface area contributed by atoms with Crippen LogP contribution in [0, 0.1) is 12.8 Å². The van der Waals surface area contributed by atoms with Crippen molar-refractivity contribution in [3.05, 3.63) is 16.1 Å². The van der Waals surface area contributed by atoms with E-state index in [-0.39, 0.29) is 24.0 Å². The summed E-state index contributed by atoms with van der Waals surface area (Å²) in [5, 5.41) is 9.94. The van der Waals surface area contributed by atoms with Crippen molar-refractivity contribution in [2.75, 3.05) is 20.1 Å². The second-order valence-electron chi connectivity index (χ2n) is 4.77. The van der Waals surface area contributed by atoms with E-state index in [1.165, 1.54) is 25.0 Å². The summed E-state index contributed by atoms with van der Waals surface area (Å²) in [6.45, 7) is 3.95. The van der Waals surface area contributed by atoms with Gasteiger partial charge in [0.2, 0.25) is 0 Å². The molecule has 2 N–H and O–H groups in total. The summed E-state index contributed by atoms with van der Waals surface area (Å²) < 4.78 is 0. The summed E-state index contributed by atoms with van der Waals surface area (Å²) in [6, 6.07) is 0. The molecular formula is C13H23IN4S. The number of thiazole rings is 1. The predicted octanol–water partition coefficient (Wildman–Crippen LogP) is 2.58. The number of aryl methyl sites for hydroxylation is 1. The van der Waals surface area contributed by atoms with Gasteiger partial charge in [-0.25, -0.2) is 4.98 Å². The maximum Gasteiger partial charge on any atom is 0.190 e. The fourth-order valence-electron chi connectivity index (χ4n) is 1.85. The zero-order valence-electron chi connectivity index (χ0n) is 11.6. The van der Waals surface area contributed by atoms with Gasteiger partial charge < -0.3 is 10.6 Å². The molecular weight excluding hydrogens is 371 g/mol. The van der Waals surface area contributed by atoms with Gasteiger partial charge in [-0.2, -0.15) is 0 Å². The average molecular weight is 394 g/mol. The molecule has 108 valence electrons. The molecule has 4 nitrogen and oxygen atoms in total. The fraction of sp³-hybridized carbons (Fsp3) is 0.692. The maximum absolute atomic E-state index is 4.45. The van der Waals surface area contributed by atoms with Crippen LogP contribution in [-0.4, -0.2) is 31.1 Å². The van der Waals surface area contributed by atoms with Crippen LogP contribution in [-0.2, 0) is 6.42 Å². The van der Waals surface area contributed by atoms with Gasteiger partial charge in [0.05, 0.1) is 10.7 Å². The minimum Gasteiger partial charge on any atom is -0.356 e. The predicted molar refractivity (Wildman–Crippen MR) is 92.7 cm³/mol. The van der Waals surface area contributed by atoms with E-state index >= 15 is 0 Å². The SMILES string of the molecule is CN=C(NCCc1csc(C)n1)NCCC1CC1.I. The molecule has 0 bridgehead atoms. The lowest BCUT2D eigenvalue weighted by Gasteiger charge is -2.10. The van der Waals surface area contributed by atoms with Gasteiger partial charge in [-0.1, -0.05) is 12.8 Å². The minimum atomic E-state index is 0. The molecule has 0 spiro atoms. The quantitative estimate of drug-likeness (QED) is 0.443. The first-order valence-corrected chi connectivity index (χ1v) is 7.51. The summed E-state index contributed by atoms with van der Waals surface area (Å²) in [5.41, 5.74) is 1.17. The Morgan fingerprint density at radius 2 is 2.16 bits per heavy atom. The number of nitrogens with zero attached hydrogens (tertiary/aromatic N) is 2. The number of nitrogens with one attached hydrogen (secondary N) is 2.